The number of hydrogen-bond donors (Lipinski definition) is 1. The molecule has 2 aromatic carbocycles. The number of nitro groups is 1. The summed E-state index contributed by atoms with van der Waals surface area (Å²) in [6.07, 6.45) is -0.930. The Hall–Kier alpha value is -2.67. The summed E-state index contributed by atoms with van der Waals surface area (Å²) in [6.45, 7) is 3.51. The van der Waals surface area contributed by atoms with Gasteiger partial charge < -0.3 is 4.74 Å². The van der Waals surface area contributed by atoms with Crippen LogP contribution < -0.4 is 10.1 Å². The minimum absolute atomic E-state index is 0.163. The lowest BCUT2D eigenvalue weighted by Crippen LogP contribution is -2.17. The van der Waals surface area contributed by atoms with Crippen LogP contribution in [0.1, 0.15) is 11.1 Å². The number of amides is 1. The van der Waals surface area contributed by atoms with Gasteiger partial charge in [-0.1, -0.05) is 11.6 Å². The number of carbonyl (C=O) groups is 1. The van der Waals surface area contributed by atoms with Crippen molar-refractivity contribution in [1.82, 2.24) is 0 Å². The van der Waals surface area contributed by atoms with Crippen molar-refractivity contribution >= 4 is 29.1 Å². The number of carbonyl (C=O) groups excluding carboxylic acids is 1. The monoisotopic (exact) mass is 338 g/mol. The highest BCUT2D eigenvalue weighted by atomic mass is 35.5. The van der Waals surface area contributed by atoms with Crippen LogP contribution in [0.5, 0.6) is 5.75 Å². The maximum Gasteiger partial charge on any atom is 0.417 e. The Morgan fingerprint density at radius 1 is 1.26 bits per heavy atom. The molecule has 0 spiro atoms. The molecule has 0 aromatic heterocycles. The molecule has 0 aliphatic carbocycles. The van der Waals surface area contributed by atoms with Gasteiger partial charge in [0.15, 0.2) is 0 Å². The largest absolute Gasteiger partial charge is 0.417 e. The molecule has 120 valence electrons. The van der Waals surface area contributed by atoms with Crippen molar-refractivity contribution in [3.8, 4) is 5.75 Å². The van der Waals surface area contributed by atoms with Gasteiger partial charge in [-0.2, -0.15) is 0 Å². The van der Waals surface area contributed by atoms with E-state index in [0.717, 1.165) is 23.3 Å². The topological polar surface area (TPSA) is 81.5 Å². The summed E-state index contributed by atoms with van der Waals surface area (Å²) < 4.78 is 18.1. The molecule has 8 heteroatoms. The summed E-state index contributed by atoms with van der Waals surface area (Å²) in [6, 6.07) is 5.93. The Labute approximate surface area is 136 Å². The van der Waals surface area contributed by atoms with Crippen LogP contribution in [0.3, 0.4) is 0 Å². The van der Waals surface area contributed by atoms with Crippen LogP contribution in [0.2, 0.25) is 5.02 Å². The third-order valence-electron chi connectivity index (χ3n) is 3.01. The first kappa shape index (κ1) is 16.7. The molecular weight excluding hydrogens is 327 g/mol. The molecule has 0 atom stereocenters. The predicted octanol–water partition coefficient (Wildman–Crippen LogP) is 4.62. The van der Waals surface area contributed by atoms with Crippen molar-refractivity contribution in [2.75, 3.05) is 5.32 Å². The number of nitrogens with one attached hydrogen (secondary N) is 1. The average Bonchev–Trinajstić information content (AvgIpc) is 2.46. The van der Waals surface area contributed by atoms with Gasteiger partial charge in [-0.3, -0.25) is 15.4 Å². The van der Waals surface area contributed by atoms with Crippen molar-refractivity contribution < 1.29 is 18.8 Å². The zero-order valence-electron chi connectivity index (χ0n) is 12.2. The Morgan fingerprint density at radius 3 is 2.43 bits per heavy atom. The molecule has 0 radical (unpaired) electrons. The van der Waals surface area contributed by atoms with Crippen molar-refractivity contribution in [2.45, 2.75) is 13.8 Å². The molecule has 2 aromatic rings. The van der Waals surface area contributed by atoms with Gasteiger partial charge in [0.2, 0.25) is 0 Å². The lowest BCUT2D eigenvalue weighted by Gasteiger charge is -2.10. The minimum atomic E-state index is -0.930. The first-order valence-electron chi connectivity index (χ1n) is 6.47. The molecule has 0 heterocycles. The molecular formula is C15H12ClFN2O4. The van der Waals surface area contributed by atoms with E-state index >= 15 is 0 Å². The normalized spacial score (nSPS) is 10.3. The van der Waals surface area contributed by atoms with E-state index < -0.39 is 22.5 Å². The predicted molar refractivity (Wildman–Crippen MR) is 83.6 cm³/mol. The van der Waals surface area contributed by atoms with Crippen LogP contribution in [0.4, 0.5) is 20.6 Å². The maximum absolute atomic E-state index is 13.1. The van der Waals surface area contributed by atoms with Crippen LogP contribution >= 0.6 is 11.6 Å². The number of nitro benzene ring substituents is 1. The van der Waals surface area contributed by atoms with Crippen LogP contribution in [0, 0.1) is 29.8 Å². The molecule has 0 aliphatic rings. The van der Waals surface area contributed by atoms with Crippen molar-refractivity contribution in [2.24, 2.45) is 0 Å². The van der Waals surface area contributed by atoms with Crippen molar-refractivity contribution in [3.63, 3.8) is 0 Å². The maximum atomic E-state index is 13.1. The summed E-state index contributed by atoms with van der Waals surface area (Å²) in [4.78, 5) is 21.9. The second kappa shape index (κ2) is 6.62. The van der Waals surface area contributed by atoms with Crippen LogP contribution in [0.15, 0.2) is 30.3 Å². The zero-order valence-corrected chi connectivity index (χ0v) is 13.0. The molecule has 0 unspecified atom stereocenters. The van der Waals surface area contributed by atoms with Gasteiger partial charge in [-0.25, -0.2) is 9.18 Å². The van der Waals surface area contributed by atoms with E-state index in [2.05, 4.69) is 5.32 Å². The van der Waals surface area contributed by atoms with E-state index in [1.807, 2.05) is 0 Å². The summed E-state index contributed by atoms with van der Waals surface area (Å²) >= 11 is 6.02. The van der Waals surface area contributed by atoms with E-state index in [4.69, 9.17) is 16.3 Å². The van der Waals surface area contributed by atoms with Crippen LogP contribution in [0.25, 0.3) is 0 Å². The second-order valence-electron chi connectivity index (χ2n) is 4.80. The number of nitrogens with zero attached hydrogens (tertiary/aromatic N) is 1. The molecule has 0 fully saturated rings. The Kier molecular flexibility index (Phi) is 4.80. The summed E-state index contributed by atoms with van der Waals surface area (Å²) in [5.74, 6) is -0.536. The number of ether oxygens (including phenoxy) is 1. The highest BCUT2D eigenvalue weighted by Gasteiger charge is 2.18. The number of aryl methyl sites for hydroxylation is 2. The molecule has 1 N–H and O–H groups in total. The molecule has 1 amide bonds. The number of anilines is 1. The number of benzene rings is 2. The van der Waals surface area contributed by atoms with E-state index in [0.29, 0.717) is 11.1 Å². The quantitative estimate of drug-likeness (QED) is 0.654. The highest BCUT2D eigenvalue weighted by molar-refractivity contribution is 6.32. The highest BCUT2D eigenvalue weighted by Crippen LogP contribution is 2.27. The second-order valence-corrected chi connectivity index (χ2v) is 5.18. The lowest BCUT2D eigenvalue weighted by atomic mass is 10.1. The van der Waals surface area contributed by atoms with Gasteiger partial charge in [0.25, 0.3) is 5.69 Å². The average molecular weight is 339 g/mol. The summed E-state index contributed by atoms with van der Waals surface area (Å²) in [5, 5.41) is 13.7. The summed E-state index contributed by atoms with van der Waals surface area (Å²) in [7, 11) is 0. The smallest absolute Gasteiger partial charge is 0.410 e. The Balaban J connectivity index is 2.19. The Morgan fingerprint density at radius 2 is 1.87 bits per heavy atom. The van der Waals surface area contributed by atoms with Gasteiger partial charge >= 0.3 is 6.09 Å². The van der Waals surface area contributed by atoms with E-state index in [1.54, 1.807) is 26.0 Å². The number of hydrogen-bond acceptors (Lipinski definition) is 4. The van der Waals surface area contributed by atoms with Gasteiger partial charge in [0.05, 0.1) is 11.0 Å². The number of rotatable bonds is 3. The third-order valence-corrected chi connectivity index (χ3v) is 3.61. The molecule has 23 heavy (non-hydrogen) atoms. The molecule has 0 bridgehead atoms. The van der Waals surface area contributed by atoms with Crippen LogP contribution in [-0.4, -0.2) is 11.0 Å². The first-order chi connectivity index (χ1) is 10.8. The lowest BCUT2D eigenvalue weighted by molar-refractivity contribution is -0.384. The molecule has 0 saturated heterocycles. The molecule has 0 saturated carbocycles. The molecule has 6 nitrogen and oxygen atoms in total. The third kappa shape index (κ3) is 3.95. The van der Waals surface area contributed by atoms with Gasteiger partial charge in [0, 0.05) is 5.02 Å². The number of halogens is 2. The van der Waals surface area contributed by atoms with E-state index in [9.17, 15) is 19.3 Å². The van der Waals surface area contributed by atoms with Gasteiger partial charge in [-0.15, -0.1) is 0 Å². The summed E-state index contributed by atoms with van der Waals surface area (Å²) in [5.41, 5.74) is 0.721. The first-order valence-corrected chi connectivity index (χ1v) is 6.85. The van der Waals surface area contributed by atoms with E-state index in [1.165, 1.54) is 0 Å². The fourth-order valence-corrected chi connectivity index (χ4v) is 2.08. The SMILES string of the molecule is Cc1cc(OC(=O)Nc2ccc(F)cc2[N+](=O)[O-])cc(C)c1Cl. The van der Waals surface area contributed by atoms with E-state index in [-0.39, 0.29) is 11.4 Å². The van der Waals surface area contributed by atoms with Crippen LogP contribution in [-0.2, 0) is 0 Å². The molecule has 0 aliphatic heterocycles. The fraction of sp³-hybridized carbons (Fsp3) is 0.133. The van der Waals surface area contributed by atoms with Gasteiger partial charge in [0.1, 0.15) is 17.3 Å². The van der Waals surface area contributed by atoms with Crippen molar-refractivity contribution in [1.29, 1.82) is 0 Å². The minimum Gasteiger partial charge on any atom is -0.410 e. The fourth-order valence-electron chi connectivity index (χ4n) is 1.97. The Bertz CT molecular complexity index is 772. The zero-order chi connectivity index (χ0) is 17.1. The van der Waals surface area contributed by atoms with Gasteiger partial charge in [-0.05, 0) is 49.2 Å². The standard InChI is InChI=1S/C15H12ClFN2O4/c1-8-5-11(6-9(2)14(8)16)23-15(20)18-12-4-3-10(17)7-13(12)19(21)22/h3-7H,1-2H3,(H,18,20). The molecule has 2 rings (SSSR count). The van der Waals surface area contributed by atoms with Crippen molar-refractivity contribution in [3.05, 3.63) is 62.4 Å².